The van der Waals surface area contributed by atoms with Crippen LogP contribution in [0.3, 0.4) is 0 Å². The van der Waals surface area contributed by atoms with Crippen LogP contribution in [0.15, 0.2) is 41.3 Å². The van der Waals surface area contributed by atoms with Crippen LogP contribution in [0.25, 0.3) is 11.1 Å². The van der Waals surface area contributed by atoms with Crippen LogP contribution in [-0.2, 0) is 18.8 Å². The van der Waals surface area contributed by atoms with Crippen LogP contribution >= 0.6 is 12.0 Å². The Bertz CT molecular complexity index is 860. The molecule has 2 aromatic carbocycles. The van der Waals surface area contributed by atoms with Gasteiger partial charge in [0.1, 0.15) is 12.4 Å². The zero-order valence-corrected chi connectivity index (χ0v) is 14.9. The Balaban J connectivity index is 2.03. The molecule has 1 aliphatic rings. The predicted molar refractivity (Wildman–Crippen MR) is 94.0 cm³/mol. The molecule has 0 amide bonds. The lowest BCUT2D eigenvalue weighted by Crippen LogP contribution is -1.99. The highest BCUT2D eigenvalue weighted by Gasteiger charge is 2.27. The van der Waals surface area contributed by atoms with E-state index in [4.69, 9.17) is 9.07 Å². The van der Waals surface area contributed by atoms with E-state index >= 15 is 0 Å². The highest BCUT2D eigenvalue weighted by atomic mass is 32.2. The third-order valence-corrected chi connectivity index (χ3v) is 4.87. The van der Waals surface area contributed by atoms with Gasteiger partial charge in [0.2, 0.25) is 0 Å². The van der Waals surface area contributed by atoms with E-state index < -0.39 is 5.97 Å². The Labute approximate surface area is 149 Å². The minimum Gasteiger partial charge on any atom is -0.457 e. The van der Waals surface area contributed by atoms with Gasteiger partial charge < -0.3 is 4.74 Å². The van der Waals surface area contributed by atoms with Gasteiger partial charge in [-0.25, -0.2) is 14.1 Å². The van der Waals surface area contributed by atoms with Gasteiger partial charge in [0, 0.05) is 10.5 Å². The molecule has 4 nitrogen and oxygen atoms in total. The summed E-state index contributed by atoms with van der Waals surface area (Å²) in [5.41, 5.74) is 4.06. The summed E-state index contributed by atoms with van der Waals surface area (Å²) in [6.45, 7) is 3.79. The normalized spacial score (nSPS) is 14.2. The fourth-order valence-electron chi connectivity index (χ4n) is 2.67. The average molecular weight is 360 g/mol. The SMILES string of the molecule is COOSc1ccc(C2=C(c3ccc(C)c(F)c3)C(=O)OC2)cc1C. The molecule has 6 heteroatoms. The maximum atomic E-state index is 13.9. The molecular formula is C19H17FO4S. The van der Waals surface area contributed by atoms with Crippen molar-refractivity contribution in [1.29, 1.82) is 0 Å². The van der Waals surface area contributed by atoms with E-state index in [1.54, 1.807) is 19.1 Å². The summed E-state index contributed by atoms with van der Waals surface area (Å²) in [6, 6.07) is 10.5. The molecule has 0 fully saturated rings. The summed E-state index contributed by atoms with van der Waals surface area (Å²) < 4.78 is 24.0. The van der Waals surface area contributed by atoms with Crippen LogP contribution in [0.2, 0.25) is 0 Å². The minimum absolute atomic E-state index is 0.171. The van der Waals surface area contributed by atoms with E-state index in [0.717, 1.165) is 33.6 Å². The molecule has 0 atom stereocenters. The highest BCUT2D eigenvalue weighted by Crippen LogP contribution is 2.35. The predicted octanol–water partition coefficient (Wildman–Crippen LogP) is 4.50. The van der Waals surface area contributed by atoms with Crippen molar-refractivity contribution >= 4 is 29.2 Å². The first-order valence-corrected chi connectivity index (χ1v) is 8.40. The van der Waals surface area contributed by atoms with Crippen molar-refractivity contribution in [1.82, 2.24) is 0 Å². The topological polar surface area (TPSA) is 44.8 Å². The summed E-state index contributed by atoms with van der Waals surface area (Å²) in [6.07, 6.45) is 0. The molecular weight excluding hydrogens is 343 g/mol. The van der Waals surface area contributed by atoms with Gasteiger partial charge in [-0.05, 0) is 48.2 Å². The largest absolute Gasteiger partial charge is 0.457 e. The monoisotopic (exact) mass is 360 g/mol. The van der Waals surface area contributed by atoms with E-state index in [-0.39, 0.29) is 12.4 Å². The molecule has 0 unspecified atom stereocenters. The second kappa shape index (κ2) is 7.39. The summed E-state index contributed by atoms with van der Waals surface area (Å²) >= 11 is 1.11. The molecule has 25 heavy (non-hydrogen) atoms. The summed E-state index contributed by atoms with van der Waals surface area (Å²) in [5, 5.41) is 0. The van der Waals surface area contributed by atoms with Crippen molar-refractivity contribution in [3.8, 4) is 0 Å². The van der Waals surface area contributed by atoms with Crippen LogP contribution in [-0.4, -0.2) is 19.7 Å². The highest BCUT2D eigenvalue weighted by molar-refractivity contribution is 7.94. The van der Waals surface area contributed by atoms with Crippen molar-refractivity contribution in [2.45, 2.75) is 18.7 Å². The number of ether oxygens (including phenoxy) is 1. The van der Waals surface area contributed by atoms with E-state index in [1.807, 2.05) is 25.1 Å². The van der Waals surface area contributed by atoms with E-state index in [0.29, 0.717) is 16.7 Å². The molecule has 130 valence electrons. The second-order valence-corrected chi connectivity index (χ2v) is 6.43. The zero-order chi connectivity index (χ0) is 18.0. The fraction of sp³-hybridized carbons (Fsp3) is 0.211. The Kier molecular flexibility index (Phi) is 5.22. The average Bonchev–Trinajstić information content (AvgIpc) is 2.98. The van der Waals surface area contributed by atoms with Crippen molar-refractivity contribution in [2.24, 2.45) is 0 Å². The Morgan fingerprint density at radius 2 is 1.84 bits per heavy atom. The zero-order valence-electron chi connectivity index (χ0n) is 14.1. The molecule has 1 heterocycles. The first kappa shape index (κ1) is 17.7. The number of aryl methyl sites for hydroxylation is 2. The molecule has 0 bridgehead atoms. The Hall–Kier alpha value is -2.15. The molecule has 0 aromatic heterocycles. The number of hydrogen-bond donors (Lipinski definition) is 0. The van der Waals surface area contributed by atoms with Crippen LogP contribution in [0.4, 0.5) is 4.39 Å². The molecule has 3 rings (SSSR count). The number of cyclic esters (lactones) is 1. The second-order valence-electron chi connectivity index (χ2n) is 5.69. The number of rotatable bonds is 5. The lowest BCUT2D eigenvalue weighted by Gasteiger charge is -2.09. The number of benzene rings is 2. The van der Waals surface area contributed by atoms with Gasteiger partial charge in [-0.15, -0.1) is 0 Å². The molecule has 0 spiro atoms. The number of esters is 1. The number of halogens is 1. The van der Waals surface area contributed by atoms with Gasteiger partial charge >= 0.3 is 5.97 Å². The first-order chi connectivity index (χ1) is 12.0. The van der Waals surface area contributed by atoms with Gasteiger partial charge in [-0.2, -0.15) is 4.33 Å². The molecule has 0 saturated carbocycles. The molecule has 0 radical (unpaired) electrons. The van der Waals surface area contributed by atoms with Crippen molar-refractivity contribution < 1.29 is 23.1 Å². The van der Waals surface area contributed by atoms with Crippen molar-refractivity contribution in [3.05, 3.63) is 64.5 Å². The fourth-order valence-corrected chi connectivity index (χ4v) is 3.13. The van der Waals surface area contributed by atoms with Crippen LogP contribution < -0.4 is 0 Å². The van der Waals surface area contributed by atoms with Gasteiger partial charge in [0.15, 0.2) is 0 Å². The molecule has 1 aliphatic heterocycles. The lowest BCUT2D eigenvalue weighted by atomic mass is 9.95. The van der Waals surface area contributed by atoms with E-state index in [2.05, 4.69) is 4.89 Å². The molecule has 0 N–H and O–H groups in total. The number of carbonyl (C=O) groups is 1. The first-order valence-electron chi connectivity index (χ1n) is 7.66. The van der Waals surface area contributed by atoms with Crippen molar-refractivity contribution in [3.63, 3.8) is 0 Å². The van der Waals surface area contributed by atoms with Crippen LogP contribution in [0, 0.1) is 19.7 Å². The molecule has 2 aromatic rings. The Morgan fingerprint density at radius 3 is 2.52 bits per heavy atom. The molecule has 0 saturated heterocycles. The smallest absolute Gasteiger partial charge is 0.339 e. The third kappa shape index (κ3) is 3.61. The van der Waals surface area contributed by atoms with E-state index in [1.165, 1.54) is 13.2 Å². The summed E-state index contributed by atoms with van der Waals surface area (Å²) in [5.74, 6) is -0.777. The number of carbonyl (C=O) groups excluding carboxylic acids is 1. The standard InChI is InChI=1S/C19H17FO4S/c1-11-4-5-14(9-16(11)20)18-15(10-23-19(18)21)13-6-7-17(12(2)8-13)25-24-22-3/h4-9H,10H2,1-3H3. The summed E-state index contributed by atoms with van der Waals surface area (Å²) in [7, 11) is 1.44. The summed E-state index contributed by atoms with van der Waals surface area (Å²) in [4.78, 5) is 17.7. The number of hydrogen-bond acceptors (Lipinski definition) is 5. The van der Waals surface area contributed by atoms with Crippen molar-refractivity contribution in [2.75, 3.05) is 13.7 Å². The van der Waals surface area contributed by atoms with Gasteiger partial charge in [0.05, 0.1) is 24.7 Å². The van der Waals surface area contributed by atoms with E-state index in [9.17, 15) is 9.18 Å². The maximum Gasteiger partial charge on any atom is 0.339 e. The quantitative estimate of drug-likeness (QED) is 0.340. The van der Waals surface area contributed by atoms with Crippen LogP contribution in [0.5, 0.6) is 0 Å². The van der Waals surface area contributed by atoms with Gasteiger partial charge in [-0.1, -0.05) is 24.3 Å². The van der Waals surface area contributed by atoms with Crippen LogP contribution in [0.1, 0.15) is 22.3 Å². The maximum absolute atomic E-state index is 13.9. The molecule has 0 aliphatic carbocycles. The lowest BCUT2D eigenvalue weighted by molar-refractivity contribution is -0.160. The van der Waals surface area contributed by atoms with Gasteiger partial charge in [-0.3, -0.25) is 0 Å². The Morgan fingerprint density at radius 1 is 1.08 bits per heavy atom. The van der Waals surface area contributed by atoms with Gasteiger partial charge in [0.25, 0.3) is 0 Å². The third-order valence-electron chi connectivity index (χ3n) is 4.03. The minimum atomic E-state index is -0.433.